The van der Waals surface area contributed by atoms with Gasteiger partial charge in [0.1, 0.15) is 4.21 Å². The number of benzene rings is 1. The number of nitrogens with zero attached hydrogens (tertiary/aromatic N) is 4. The molecule has 3 heterocycles. The number of anilines is 1. The molecule has 1 atom stereocenters. The summed E-state index contributed by atoms with van der Waals surface area (Å²) < 4.78 is 58.6. The van der Waals surface area contributed by atoms with Crippen LogP contribution in [0.3, 0.4) is 0 Å². The molecule has 2 aromatic heterocycles. The SMILES string of the molecule is CN(C)S(=O)(=O)c1ccc(-c2nnc(NC(=O)C3CCCN(S(=O)(=O)c4ccc(Cl)s4)C3)o2)cc1. The van der Waals surface area contributed by atoms with Crippen molar-refractivity contribution in [1.82, 2.24) is 18.8 Å². The van der Waals surface area contributed by atoms with E-state index in [4.69, 9.17) is 16.0 Å². The largest absolute Gasteiger partial charge is 0.403 e. The van der Waals surface area contributed by atoms with Crippen LogP contribution in [0.2, 0.25) is 4.34 Å². The number of nitrogens with one attached hydrogen (secondary N) is 1. The van der Waals surface area contributed by atoms with Gasteiger partial charge in [0.25, 0.3) is 10.0 Å². The third-order valence-corrected chi connectivity index (χ3v) is 10.8. The van der Waals surface area contributed by atoms with Gasteiger partial charge in [0, 0.05) is 32.7 Å². The maximum atomic E-state index is 12.9. The van der Waals surface area contributed by atoms with E-state index >= 15 is 0 Å². The number of amides is 1. The molecule has 0 radical (unpaired) electrons. The monoisotopic (exact) mass is 559 g/mol. The fourth-order valence-electron chi connectivity index (χ4n) is 3.52. The van der Waals surface area contributed by atoms with Crippen molar-refractivity contribution in [3.8, 4) is 11.5 Å². The van der Waals surface area contributed by atoms with E-state index in [1.165, 1.54) is 54.8 Å². The first-order valence-corrected chi connectivity index (χ1v) is 14.5. The van der Waals surface area contributed by atoms with Crippen molar-refractivity contribution in [2.45, 2.75) is 21.9 Å². The fraction of sp³-hybridized carbons (Fsp3) is 0.350. The summed E-state index contributed by atoms with van der Waals surface area (Å²) in [7, 11) is -4.44. The topological polar surface area (TPSA) is 143 Å². The number of halogens is 1. The van der Waals surface area contributed by atoms with Gasteiger partial charge in [-0.15, -0.1) is 16.4 Å². The van der Waals surface area contributed by atoms with Crippen LogP contribution in [0.1, 0.15) is 12.8 Å². The highest BCUT2D eigenvalue weighted by Crippen LogP contribution is 2.31. The molecule has 188 valence electrons. The number of carbonyl (C=O) groups is 1. The van der Waals surface area contributed by atoms with Crippen molar-refractivity contribution in [3.63, 3.8) is 0 Å². The summed E-state index contributed by atoms with van der Waals surface area (Å²) in [6.07, 6.45) is 1.03. The van der Waals surface area contributed by atoms with Crippen molar-refractivity contribution in [2.24, 2.45) is 5.92 Å². The lowest BCUT2D eigenvalue weighted by Crippen LogP contribution is -2.43. The zero-order valence-corrected chi connectivity index (χ0v) is 21.9. The number of carbonyl (C=O) groups excluding carboxylic acids is 1. The van der Waals surface area contributed by atoms with Crippen LogP contribution in [0.5, 0.6) is 0 Å². The van der Waals surface area contributed by atoms with E-state index < -0.39 is 31.9 Å². The molecule has 1 amide bonds. The van der Waals surface area contributed by atoms with Gasteiger partial charge in [-0.2, -0.15) is 4.31 Å². The highest BCUT2D eigenvalue weighted by Gasteiger charge is 2.34. The Hall–Kier alpha value is -2.36. The Morgan fingerprint density at radius 2 is 1.86 bits per heavy atom. The Bertz CT molecular complexity index is 1430. The summed E-state index contributed by atoms with van der Waals surface area (Å²) in [6, 6.07) is 8.73. The van der Waals surface area contributed by atoms with Gasteiger partial charge < -0.3 is 4.42 Å². The van der Waals surface area contributed by atoms with Crippen molar-refractivity contribution >= 4 is 54.9 Å². The van der Waals surface area contributed by atoms with Gasteiger partial charge in [0.2, 0.25) is 21.8 Å². The lowest BCUT2D eigenvalue weighted by atomic mass is 9.99. The molecule has 11 nitrogen and oxygen atoms in total. The van der Waals surface area contributed by atoms with Gasteiger partial charge in [0.15, 0.2) is 0 Å². The lowest BCUT2D eigenvalue weighted by molar-refractivity contribution is -0.121. The van der Waals surface area contributed by atoms with Crippen molar-refractivity contribution in [2.75, 3.05) is 32.5 Å². The normalized spacial score (nSPS) is 17.5. The van der Waals surface area contributed by atoms with Gasteiger partial charge in [-0.05, 0) is 49.2 Å². The Morgan fingerprint density at radius 3 is 2.49 bits per heavy atom. The molecule has 1 saturated heterocycles. The second kappa shape index (κ2) is 9.95. The van der Waals surface area contributed by atoms with E-state index in [2.05, 4.69) is 15.5 Å². The highest BCUT2D eigenvalue weighted by atomic mass is 35.5. The smallest absolute Gasteiger partial charge is 0.322 e. The summed E-state index contributed by atoms with van der Waals surface area (Å²) in [5, 5.41) is 10.3. The van der Waals surface area contributed by atoms with Crippen LogP contribution in [0.4, 0.5) is 6.01 Å². The number of piperidine rings is 1. The zero-order valence-electron chi connectivity index (χ0n) is 18.7. The molecule has 1 aliphatic heterocycles. The van der Waals surface area contributed by atoms with Gasteiger partial charge in [0.05, 0.1) is 15.1 Å². The summed E-state index contributed by atoms with van der Waals surface area (Å²) >= 11 is 6.85. The van der Waals surface area contributed by atoms with E-state index in [1.54, 1.807) is 0 Å². The molecule has 4 rings (SSSR count). The van der Waals surface area contributed by atoms with E-state index in [-0.39, 0.29) is 27.6 Å². The highest BCUT2D eigenvalue weighted by molar-refractivity contribution is 7.91. The van der Waals surface area contributed by atoms with Crippen molar-refractivity contribution in [3.05, 3.63) is 40.7 Å². The van der Waals surface area contributed by atoms with E-state index in [0.29, 0.717) is 29.3 Å². The Morgan fingerprint density at radius 1 is 1.14 bits per heavy atom. The molecular weight excluding hydrogens is 538 g/mol. The van der Waals surface area contributed by atoms with Gasteiger partial charge in [-0.3, -0.25) is 10.1 Å². The molecule has 3 aromatic rings. The number of sulfonamides is 2. The van der Waals surface area contributed by atoms with Crippen LogP contribution in [0.15, 0.2) is 49.9 Å². The van der Waals surface area contributed by atoms with Gasteiger partial charge in [-0.1, -0.05) is 16.7 Å². The first kappa shape index (κ1) is 25.7. The lowest BCUT2D eigenvalue weighted by Gasteiger charge is -2.30. The first-order chi connectivity index (χ1) is 16.5. The molecule has 0 saturated carbocycles. The third-order valence-electron chi connectivity index (χ3n) is 5.43. The van der Waals surface area contributed by atoms with Crippen LogP contribution in [0, 0.1) is 5.92 Å². The Balaban J connectivity index is 1.42. The second-order valence-corrected chi connectivity index (χ2v) is 14.0. The summed E-state index contributed by atoms with van der Waals surface area (Å²) in [5.74, 6) is -0.937. The number of hydrogen-bond donors (Lipinski definition) is 1. The number of aromatic nitrogens is 2. The molecule has 1 aromatic carbocycles. The summed E-state index contributed by atoms with van der Waals surface area (Å²) in [6.45, 7) is 0.332. The molecular formula is C20H22ClN5O6S3. The first-order valence-electron chi connectivity index (χ1n) is 10.4. The van der Waals surface area contributed by atoms with Crippen molar-refractivity contribution in [1.29, 1.82) is 0 Å². The second-order valence-electron chi connectivity index (χ2n) is 7.97. The maximum absolute atomic E-state index is 12.9. The standard InChI is InChI=1S/C20H22ClN5O6S3/c1-25(2)34(28,29)15-7-5-13(6-8-15)19-23-24-20(32-19)22-18(27)14-4-3-11-26(12-14)35(30,31)17-10-9-16(21)33-17/h5-10,14H,3-4,11-12H2,1-2H3,(H,22,24,27). The molecule has 35 heavy (non-hydrogen) atoms. The number of thiophene rings is 1. The fourth-order valence-corrected chi connectivity index (χ4v) is 7.58. The zero-order chi connectivity index (χ0) is 25.4. The Kier molecular flexibility index (Phi) is 7.31. The predicted molar refractivity (Wildman–Crippen MR) is 130 cm³/mol. The minimum Gasteiger partial charge on any atom is -0.403 e. The van der Waals surface area contributed by atoms with E-state index in [0.717, 1.165) is 15.6 Å². The van der Waals surface area contributed by atoms with E-state index in [1.807, 2.05) is 0 Å². The van der Waals surface area contributed by atoms with Crippen molar-refractivity contribution < 1.29 is 26.0 Å². The van der Waals surface area contributed by atoms with Crippen LogP contribution in [-0.2, 0) is 24.8 Å². The predicted octanol–water partition coefficient (Wildman–Crippen LogP) is 2.74. The van der Waals surface area contributed by atoms with Crippen LogP contribution in [0.25, 0.3) is 11.5 Å². The van der Waals surface area contributed by atoms with Crippen LogP contribution >= 0.6 is 22.9 Å². The summed E-state index contributed by atoms with van der Waals surface area (Å²) in [4.78, 5) is 12.9. The van der Waals surface area contributed by atoms with E-state index in [9.17, 15) is 21.6 Å². The van der Waals surface area contributed by atoms with Crippen LogP contribution < -0.4 is 5.32 Å². The molecule has 0 spiro atoms. The quantitative estimate of drug-likeness (QED) is 0.465. The molecule has 1 fully saturated rings. The summed E-state index contributed by atoms with van der Waals surface area (Å²) in [5.41, 5.74) is 0.472. The number of hydrogen-bond acceptors (Lipinski definition) is 9. The minimum atomic E-state index is -3.74. The molecule has 15 heteroatoms. The third kappa shape index (κ3) is 5.42. The average Bonchev–Trinajstić information content (AvgIpc) is 3.48. The van der Waals surface area contributed by atoms with Gasteiger partial charge >= 0.3 is 6.01 Å². The molecule has 0 aliphatic carbocycles. The average molecular weight is 560 g/mol. The molecule has 1 N–H and O–H groups in total. The Labute approximate surface area is 211 Å². The van der Waals surface area contributed by atoms with Gasteiger partial charge in [-0.25, -0.2) is 21.1 Å². The maximum Gasteiger partial charge on any atom is 0.322 e. The number of rotatable bonds is 7. The molecule has 1 aliphatic rings. The molecule has 0 bridgehead atoms. The molecule has 1 unspecified atom stereocenters. The van der Waals surface area contributed by atoms with Crippen LogP contribution in [-0.4, -0.2) is 68.7 Å². The minimum absolute atomic E-state index is 0.0203.